The summed E-state index contributed by atoms with van der Waals surface area (Å²) in [5.74, 6) is -2.93. The van der Waals surface area contributed by atoms with E-state index >= 15 is 0 Å². The molecule has 40 heavy (non-hydrogen) atoms. The molecule has 1 unspecified atom stereocenters. The van der Waals surface area contributed by atoms with Gasteiger partial charge >= 0.3 is 5.96 Å². The van der Waals surface area contributed by atoms with Crippen molar-refractivity contribution in [2.24, 2.45) is 16.5 Å². The number of nitrogens with one attached hydrogen (secondary N) is 4. The van der Waals surface area contributed by atoms with Crippen LogP contribution in [0.15, 0.2) is 46.0 Å². The Morgan fingerprint density at radius 2 is 2.00 bits per heavy atom. The first-order valence-electron chi connectivity index (χ1n) is 13.1. The van der Waals surface area contributed by atoms with Crippen LogP contribution >= 0.6 is 0 Å². The summed E-state index contributed by atoms with van der Waals surface area (Å²) in [6.07, 6.45) is 2.19. The molecule has 0 saturated carbocycles. The van der Waals surface area contributed by atoms with Gasteiger partial charge in [0, 0.05) is 5.56 Å². The second kappa shape index (κ2) is 8.86. The van der Waals surface area contributed by atoms with Crippen LogP contribution < -0.4 is 37.5 Å². The Kier molecular flexibility index (Phi) is 5.75. The Hall–Kier alpha value is -4.30. The zero-order valence-corrected chi connectivity index (χ0v) is 22.1. The fraction of sp³-hybridized carbons (Fsp3) is 0.462. The van der Waals surface area contributed by atoms with Gasteiger partial charge in [0.05, 0.1) is 31.5 Å². The number of benzene rings is 1. The molecule has 14 heteroatoms. The van der Waals surface area contributed by atoms with Crippen molar-refractivity contribution in [1.29, 1.82) is 0 Å². The summed E-state index contributed by atoms with van der Waals surface area (Å²) < 4.78 is 12.5. The minimum Gasteiger partial charge on any atom is -0.492 e. The smallest absolute Gasteiger partial charge is 0.346 e. The van der Waals surface area contributed by atoms with Gasteiger partial charge in [0.25, 0.3) is 11.8 Å². The lowest BCUT2D eigenvalue weighted by Gasteiger charge is -2.43. The molecule has 14 nitrogen and oxygen atoms in total. The van der Waals surface area contributed by atoms with Gasteiger partial charge in [0.2, 0.25) is 11.4 Å². The minimum absolute atomic E-state index is 0.00926. The molecule has 0 aliphatic carbocycles. The Labute approximate surface area is 229 Å². The third-order valence-corrected chi connectivity index (χ3v) is 8.36. The van der Waals surface area contributed by atoms with E-state index in [4.69, 9.17) is 20.6 Å². The molecule has 1 spiro atoms. The Balaban J connectivity index is 1.28. The molecule has 212 valence electrons. The fourth-order valence-corrected chi connectivity index (χ4v) is 6.21. The maximum absolute atomic E-state index is 13.6. The molecular formula is C26H33N8O6+. The number of nitrogens with two attached hydrogens (primary N) is 2. The number of aliphatic imine (C=N–C) groups is 1. The first kappa shape index (κ1) is 26.0. The summed E-state index contributed by atoms with van der Waals surface area (Å²) in [7, 11) is 0. The van der Waals surface area contributed by atoms with Crippen LogP contribution in [-0.4, -0.2) is 87.8 Å². The molecule has 1 aromatic carbocycles. The Bertz CT molecular complexity index is 1430. The number of fused-ring (bicyclic) bond motifs is 1. The molecule has 4 aliphatic heterocycles. The van der Waals surface area contributed by atoms with Crippen molar-refractivity contribution in [3.05, 3.63) is 53.5 Å². The van der Waals surface area contributed by atoms with Gasteiger partial charge in [0.15, 0.2) is 11.7 Å². The number of carbonyl (C=O) groups excluding carboxylic acids is 2. The number of hydrogen-bond acceptors (Lipinski definition) is 11. The standard InChI is InChI=1S/C26H32N8O6/c1-24(2)8-10-40-18-13(5-3-6-14(18)24)20(35)31-17-12-34-23(28)30-15(11-29-21(36)16-7-4-9-39-16)19-25(34,26(17,37)38)33-22(27)32-19/h3-7,9,15,17,19,37-38H,8,10-12H2,1-2H3,(H7,27,28,29,30,31,32,33,35,36)/p+1/t15-,17?,19-,25-/m0/s1. The summed E-state index contributed by atoms with van der Waals surface area (Å²) in [6, 6.07) is 5.66. The van der Waals surface area contributed by atoms with Gasteiger partial charge in [0.1, 0.15) is 23.9 Å². The average Bonchev–Trinajstić information content (AvgIpc) is 3.61. The Morgan fingerprint density at radius 3 is 2.75 bits per heavy atom. The number of guanidine groups is 2. The second-order valence-electron chi connectivity index (χ2n) is 11.2. The van der Waals surface area contributed by atoms with Crippen LogP contribution in [0.5, 0.6) is 5.75 Å². The number of nitrogens with zero attached hydrogens (tertiary/aromatic N) is 2. The molecule has 4 aliphatic rings. The number of para-hydroxylation sites is 1. The monoisotopic (exact) mass is 553 g/mol. The largest absolute Gasteiger partial charge is 0.492 e. The van der Waals surface area contributed by atoms with Crippen LogP contribution in [0, 0.1) is 0 Å². The number of ether oxygens (including phenoxy) is 1. The van der Waals surface area contributed by atoms with Gasteiger partial charge in [-0.2, -0.15) is 0 Å². The average molecular weight is 554 g/mol. The molecule has 0 radical (unpaired) electrons. The lowest BCUT2D eigenvalue weighted by Crippen LogP contribution is -2.79. The van der Waals surface area contributed by atoms with Crippen LogP contribution in [0.3, 0.4) is 0 Å². The van der Waals surface area contributed by atoms with Gasteiger partial charge < -0.3 is 41.1 Å². The number of hydrogen-bond donors (Lipinski definition) is 8. The molecule has 1 fully saturated rings. The highest BCUT2D eigenvalue weighted by molar-refractivity contribution is 5.98. The highest BCUT2D eigenvalue weighted by Crippen LogP contribution is 2.43. The Morgan fingerprint density at radius 1 is 1.20 bits per heavy atom. The van der Waals surface area contributed by atoms with Crippen molar-refractivity contribution in [2.75, 3.05) is 19.7 Å². The zero-order valence-electron chi connectivity index (χ0n) is 22.1. The van der Waals surface area contributed by atoms with E-state index in [0.717, 1.165) is 12.0 Å². The summed E-state index contributed by atoms with van der Waals surface area (Å²) >= 11 is 0. The highest BCUT2D eigenvalue weighted by atomic mass is 16.5. The van der Waals surface area contributed by atoms with Crippen LogP contribution in [0.2, 0.25) is 0 Å². The van der Waals surface area contributed by atoms with Gasteiger partial charge in [-0.05, 0) is 30.0 Å². The van der Waals surface area contributed by atoms with Gasteiger partial charge in [-0.25, -0.2) is 9.57 Å². The summed E-state index contributed by atoms with van der Waals surface area (Å²) in [6.45, 7) is 4.58. The molecule has 1 saturated heterocycles. The van der Waals surface area contributed by atoms with Crippen LogP contribution in [0.25, 0.3) is 0 Å². The van der Waals surface area contributed by atoms with E-state index in [2.05, 4.69) is 40.1 Å². The van der Waals surface area contributed by atoms with E-state index in [-0.39, 0.29) is 36.2 Å². The molecule has 10 N–H and O–H groups in total. The number of furan rings is 1. The lowest BCUT2D eigenvalue weighted by atomic mass is 9.79. The third-order valence-electron chi connectivity index (χ3n) is 8.36. The minimum atomic E-state index is -2.59. The van der Waals surface area contributed by atoms with Crippen LogP contribution in [0.1, 0.15) is 46.7 Å². The quantitative estimate of drug-likeness (QED) is 0.148. The van der Waals surface area contributed by atoms with Gasteiger partial charge in [-0.1, -0.05) is 26.0 Å². The first-order chi connectivity index (χ1) is 19.0. The lowest BCUT2D eigenvalue weighted by molar-refractivity contribution is -0.623. The van der Waals surface area contributed by atoms with Gasteiger partial charge in [-0.3, -0.25) is 20.6 Å². The molecule has 1 aromatic heterocycles. The van der Waals surface area contributed by atoms with Crippen molar-refractivity contribution in [3.63, 3.8) is 0 Å². The number of aliphatic hydroxyl groups is 2. The fourth-order valence-electron chi connectivity index (χ4n) is 6.21. The predicted octanol–water partition coefficient (Wildman–Crippen LogP) is -2.16. The number of rotatable bonds is 5. The number of carbonyl (C=O) groups is 2. The van der Waals surface area contributed by atoms with E-state index < -0.39 is 41.4 Å². The van der Waals surface area contributed by atoms with Crippen molar-refractivity contribution >= 4 is 23.7 Å². The van der Waals surface area contributed by atoms with Crippen molar-refractivity contribution in [2.45, 2.75) is 55.3 Å². The van der Waals surface area contributed by atoms with Crippen molar-refractivity contribution < 1.29 is 33.5 Å². The number of amides is 2. The normalized spacial score (nSPS) is 29.1. The highest BCUT2D eigenvalue weighted by Gasteiger charge is 2.75. The van der Waals surface area contributed by atoms with Crippen molar-refractivity contribution in [1.82, 2.24) is 21.3 Å². The van der Waals surface area contributed by atoms with E-state index in [1.807, 2.05) is 6.07 Å². The summed E-state index contributed by atoms with van der Waals surface area (Å²) in [4.78, 5) is 30.5. The van der Waals surface area contributed by atoms with Crippen molar-refractivity contribution in [3.8, 4) is 5.75 Å². The SMILES string of the molecule is CC1(C)CCOc2c(C(=O)NC3C[N+]4=C(N)N[C@@H](CNC(=O)c5ccco5)[C@@H]5N=C(N)N[C@@]54C3(O)O)cccc21. The van der Waals surface area contributed by atoms with Gasteiger partial charge in [-0.15, -0.1) is 0 Å². The topological polar surface area (TPSA) is 212 Å². The maximum atomic E-state index is 13.6. The van der Waals surface area contributed by atoms with E-state index in [1.54, 1.807) is 18.2 Å². The van der Waals surface area contributed by atoms with Crippen LogP contribution in [0.4, 0.5) is 0 Å². The van der Waals surface area contributed by atoms with Crippen LogP contribution in [-0.2, 0) is 5.41 Å². The molecule has 4 atom stereocenters. The summed E-state index contributed by atoms with van der Waals surface area (Å²) in [5, 5.41) is 34.9. The second-order valence-corrected chi connectivity index (χ2v) is 11.2. The summed E-state index contributed by atoms with van der Waals surface area (Å²) in [5.41, 5.74) is 11.7. The molecule has 0 bridgehead atoms. The zero-order chi connectivity index (χ0) is 28.4. The molecule has 2 amide bonds. The molecule has 5 heterocycles. The first-order valence-corrected chi connectivity index (χ1v) is 13.1. The van der Waals surface area contributed by atoms with E-state index in [9.17, 15) is 19.8 Å². The van der Waals surface area contributed by atoms with E-state index in [1.165, 1.54) is 16.9 Å². The molecular weight excluding hydrogens is 520 g/mol. The third kappa shape index (κ3) is 3.70. The maximum Gasteiger partial charge on any atom is 0.346 e. The van der Waals surface area contributed by atoms with E-state index in [0.29, 0.717) is 17.9 Å². The molecule has 6 rings (SSSR count). The predicted molar refractivity (Wildman–Crippen MR) is 142 cm³/mol. The molecule has 2 aromatic rings.